The van der Waals surface area contributed by atoms with E-state index >= 15 is 0 Å². The highest BCUT2D eigenvalue weighted by Gasteiger charge is 1.92. The normalized spacial score (nSPS) is 11.6. The van der Waals surface area contributed by atoms with Crippen LogP contribution in [-0.2, 0) is 4.52 Å². The van der Waals surface area contributed by atoms with Crippen molar-refractivity contribution in [1.82, 2.24) is 0 Å². The lowest BCUT2D eigenvalue weighted by Crippen LogP contribution is -1.86. The van der Waals surface area contributed by atoms with E-state index in [1.54, 1.807) is 0 Å². The summed E-state index contributed by atoms with van der Waals surface area (Å²) in [5, 5.41) is 0. The number of hydrogen-bond acceptors (Lipinski definition) is 2. The Morgan fingerprint density at radius 3 is 1.73 bits per heavy atom. The van der Waals surface area contributed by atoms with Gasteiger partial charge in [-0.2, -0.15) is 0 Å². The van der Waals surface area contributed by atoms with Gasteiger partial charge < -0.3 is 9.42 Å². The molecule has 15 heavy (non-hydrogen) atoms. The van der Waals surface area contributed by atoms with E-state index in [1.165, 1.54) is 57.8 Å². The maximum absolute atomic E-state index is 8.42. The van der Waals surface area contributed by atoms with Gasteiger partial charge in [-0.1, -0.05) is 64.7 Å². The van der Waals surface area contributed by atoms with E-state index < -0.39 is 0 Å². The molecule has 1 unspecified atom stereocenters. The van der Waals surface area contributed by atoms with Crippen LogP contribution in [0.3, 0.4) is 0 Å². The topological polar surface area (TPSA) is 29.5 Å². The van der Waals surface area contributed by atoms with Gasteiger partial charge in [0, 0.05) is 0 Å². The Labute approximate surface area is 96.7 Å². The standard InChI is InChI=1S/C12H27O2P/c1-2-3-4-5-6-7-8-9-10-11-12-14-15-13/h13,15H,2-12H2,1H3. The summed E-state index contributed by atoms with van der Waals surface area (Å²) in [5.74, 6) is 0. The molecule has 92 valence electrons. The predicted molar refractivity (Wildman–Crippen MR) is 68.3 cm³/mol. The second-order valence-electron chi connectivity index (χ2n) is 4.12. The van der Waals surface area contributed by atoms with Crippen molar-refractivity contribution in [1.29, 1.82) is 0 Å². The molecule has 0 aliphatic rings. The minimum absolute atomic E-state index is 0.330. The summed E-state index contributed by atoms with van der Waals surface area (Å²) in [7, 11) is -0.330. The fourth-order valence-electron chi connectivity index (χ4n) is 1.71. The lowest BCUT2D eigenvalue weighted by molar-refractivity contribution is 0.313. The molecule has 0 aliphatic carbocycles. The monoisotopic (exact) mass is 234 g/mol. The highest BCUT2D eigenvalue weighted by molar-refractivity contribution is 7.24. The second-order valence-corrected chi connectivity index (χ2v) is 4.59. The van der Waals surface area contributed by atoms with Gasteiger partial charge >= 0.3 is 0 Å². The van der Waals surface area contributed by atoms with Crippen LogP contribution in [0.2, 0.25) is 0 Å². The van der Waals surface area contributed by atoms with Crippen LogP contribution in [0.15, 0.2) is 0 Å². The quantitative estimate of drug-likeness (QED) is 0.400. The molecule has 0 rings (SSSR count). The summed E-state index contributed by atoms with van der Waals surface area (Å²) < 4.78 is 4.89. The summed E-state index contributed by atoms with van der Waals surface area (Å²) in [5.41, 5.74) is 0. The van der Waals surface area contributed by atoms with Crippen molar-refractivity contribution in [3.05, 3.63) is 0 Å². The minimum Gasteiger partial charge on any atom is -0.352 e. The van der Waals surface area contributed by atoms with Crippen LogP contribution >= 0.6 is 9.03 Å². The lowest BCUT2D eigenvalue weighted by Gasteiger charge is -2.02. The van der Waals surface area contributed by atoms with E-state index in [-0.39, 0.29) is 9.03 Å². The zero-order valence-electron chi connectivity index (χ0n) is 10.1. The largest absolute Gasteiger partial charge is 0.352 e. The second kappa shape index (κ2) is 14.3. The molecule has 3 heteroatoms. The Morgan fingerprint density at radius 2 is 1.27 bits per heavy atom. The van der Waals surface area contributed by atoms with E-state index in [0.717, 1.165) is 13.0 Å². The lowest BCUT2D eigenvalue weighted by atomic mass is 10.1. The van der Waals surface area contributed by atoms with E-state index in [9.17, 15) is 0 Å². The number of rotatable bonds is 12. The molecule has 2 nitrogen and oxygen atoms in total. The Balaban J connectivity index is 2.81. The zero-order valence-corrected chi connectivity index (χ0v) is 11.1. The van der Waals surface area contributed by atoms with Crippen molar-refractivity contribution in [2.75, 3.05) is 6.61 Å². The van der Waals surface area contributed by atoms with Gasteiger partial charge in [-0.15, -0.1) is 0 Å². The smallest absolute Gasteiger partial charge is 0.152 e. The molecule has 1 atom stereocenters. The van der Waals surface area contributed by atoms with Gasteiger partial charge in [-0.05, 0) is 6.42 Å². The van der Waals surface area contributed by atoms with Crippen LogP contribution in [0.1, 0.15) is 71.1 Å². The van der Waals surface area contributed by atoms with Crippen molar-refractivity contribution in [3.8, 4) is 0 Å². The van der Waals surface area contributed by atoms with Gasteiger partial charge in [0.05, 0.1) is 6.61 Å². The fourth-order valence-corrected chi connectivity index (χ4v) is 1.94. The number of hydrogen-bond donors (Lipinski definition) is 1. The predicted octanol–water partition coefficient (Wildman–Crippen LogP) is 4.42. The van der Waals surface area contributed by atoms with E-state index in [2.05, 4.69) is 6.92 Å². The summed E-state index contributed by atoms with van der Waals surface area (Å²) >= 11 is 0. The van der Waals surface area contributed by atoms with E-state index in [4.69, 9.17) is 9.42 Å². The van der Waals surface area contributed by atoms with Crippen molar-refractivity contribution < 1.29 is 9.42 Å². The Bertz CT molecular complexity index is 97.8. The van der Waals surface area contributed by atoms with Gasteiger partial charge in [0.15, 0.2) is 9.03 Å². The molecule has 0 bridgehead atoms. The van der Waals surface area contributed by atoms with Crippen LogP contribution in [0.25, 0.3) is 0 Å². The van der Waals surface area contributed by atoms with Crippen LogP contribution in [0.4, 0.5) is 0 Å². The minimum atomic E-state index is -0.330. The van der Waals surface area contributed by atoms with Crippen molar-refractivity contribution in [3.63, 3.8) is 0 Å². The maximum Gasteiger partial charge on any atom is 0.152 e. The van der Waals surface area contributed by atoms with Gasteiger partial charge in [0.1, 0.15) is 0 Å². The van der Waals surface area contributed by atoms with Gasteiger partial charge in [-0.25, -0.2) is 0 Å². The molecular formula is C12H27O2P. The molecular weight excluding hydrogens is 207 g/mol. The van der Waals surface area contributed by atoms with Crippen molar-refractivity contribution in [2.45, 2.75) is 71.1 Å². The van der Waals surface area contributed by atoms with E-state index in [1.807, 2.05) is 0 Å². The third-order valence-corrected chi connectivity index (χ3v) is 3.00. The van der Waals surface area contributed by atoms with Crippen molar-refractivity contribution in [2.24, 2.45) is 0 Å². The first-order chi connectivity index (χ1) is 7.41. The molecule has 0 aliphatic heterocycles. The highest BCUT2D eigenvalue weighted by atomic mass is 31.1. The average Bonchev–Trinajstić information content (AvgIpc) is 2.26. The average molecular weight is 234 g/mol. The molecule has 1 N–H and O–H groups in total. The molecule has 0 amide bonds. The third-order valence-electron chi connectivity index (χ3n) is 2.66. The van der Waals surface area contributed by atoms with E-state index in [0.29, 0.717) is 0 Å². The molecule has 0 radical (unpaired) electrons. The summed E-state index contributed by atoms with van der Waals surface area (Å²) in [6.07, 6.45) is 13.4. The molecule has 0 aromatic carbocycles. The first kappa shape index (κ1) is 15.3. The van der Waals surface area contributed by atoms with Crippen molar-refractivity contribution >= 4 is 9.03 Å². The summed E-state index contributed by atoms with van der Waals surface area (Å²) in [6.45, 7) is 2.99. The fraction of sp³-hybridized carbons (Fsp3) is 1.00. The Morgan fingerprint density at radius 1 is 0.800 bits per heavy atom. The van der Waals surface area contributed by atoms with Crippen LogP contribution in [0.5, 0.6) is 0 Å². The summed E-state index contributed by atoms with van der Waals surface area (Å²) in [4.78, 5) is 8.42. The Kier molecular flexibility index (Phi) is 14.7. The molecule has 0 saturated carbocycles. The highest BCUT2D eigenvalue weighted by Crippen LogP contribution is 2.11. The van der Waals surface area contributed by atoms with Gasteiger partial charge in [0.2, 0.25) is 0 Å². The van der Waals surface area contributed by atoms with Crippen LogP contribution < -0.4 is 0 Å². The molecule has 0 saturated heterocycles. The number of unbranched alkanes of at least 4 members (excludes halogenated alkanes) is 9. The third kappa shape index (κ3) is 14.4. The zero-order chi connectivity index (χ0) is 11.2. The summed E-state index contributed by atoms with van der Waals surface area (Å²) in [6, 6.07) is 0. The Hall–Kier alpha value is 0.350. The van der Waals surface area contributed by atoms with Gasteiger partial charge in [-0.3, -0.25) is 0 Å². The molecule has 0 aromatic heterocycles. The van der Waals surface area contributed by atoms with Crippen LogP contribution in [-0.4, -0.2) is 11.5 Å². The molecule has 0 spiro atoms. The first-order valence-corrected chi connectivity index (χ1v) is 7.28. The SMILES string of the molecule is CCCCCCCCCCCCOPO. The maximum atomic E-state index is 8.42. The molecule has 0 aromatic rings. The van der Waals surface area contributed by atoms with Crippen LogP contribution in [0, 0.1) is 0 Å². The van der Waals surface area contributed by atoms with Gasteiger partial charge in [0.25, 0.3) is 0 Å². The molecule has 0 heterocycles. The molecule has 0 fully saturated rings. The first-order valence-electron chi connectivity index (χ1n) is 6.42.